The van der Waals surface area contributed by atoms with Crippen LogP contribution in [0.15, 0.2) is 24.3 Å². The molecule has 17 heteroatoms. The molecular weight excluding hydrogens is 769 g/mol. The van der Waals surface area contributed by atoms with Gasteiger partial charge in [0.15, 0.2) is 0 Å². The van der Waals surface area contributed by atoms with E-state index in [4.69, 9.17) is 9.47 Å². The van der Waals surface area contributed by atoms with E-state index >= 15 is 0 Å². The lowest BCUT2D eigenvalue weighted by atomic mass is 9.89. The van der Waals surface area contributed by atoms with Crippen molar-refractivity contribution >= 4 is 39.6 Å². The van der Waals surface area contributed by atoms with Crippen molar-refractivity contribution in [2.75, 3.05) is 48.2 Å². The van der Waals surface area contributed by atoms with Crippen LogP contribution in [0.25, 0.3) is 0 Å². The van der Waals surface area contributed by atoms with E-state index in [0.717, 1.165) is 6.26 Å². The molecule has 0 radical (unpaired) electrons. The summed E-state index contributed by atoms with van der Waals surface area (Å²) in [7, 11) is 4.37. The maximum absolute atomic E-state index is 14.3. The van der Waals surface area contributed by atoms with Gasteiger partial charge in [-0.2, -0.15) is 0 Å². The summed E-state index contributed by atoms with van der Waals surface area (Å²) in [6, 6.07) is 2.42. The van der Waals surface area contributed by atoms with Crippen molar-refractivity contribution in [2.45, 2.75) is 123 Å². The van der Waals surface area contributed by atoms with E-state index in [0.29, 0.717) is 31.4 Å². The number of nitrogens with zero attached hydrogens (tertiary/aromatic N) is 3. The van der Waals surface area contributed by atoms with Gasteiger partial charge in [-0.05, 0) is 62.4 Å². The normalized spacial score (nSPS) is 18.8. The van der Waals surface area contributed by atoms with Crippen molar-refractivity contribution in [3.63, 3.8) is 0 Å². The van der Waals surface area contributed by atoms with E-state index in [9.17, 15) is 37.5 Å². The van der Waals surface area contributed by atoms with Crippen LogP contribution in [0.2, 0.25) is 0 Å². The van der Waals surface area contributed by atoms with Crippen LogP contribution >= 0.6 is 0 Å². The Bertz CT molecular complexity index is 1630. The summed E-state index contributed by atoms with van der Waals surface area (Å²) in [6.45, 7) is 13.7. The van der Waals surface area contributed by atoms with Gasteiger partial charge in [0, 0.05) is 34.2 Å². The van der Waals surface area contributed by atoms with Crippen LogP contribution in [0.1, 0.15) is 79.7 Å². The largest absolute Gasteiger partial charge is 0.508 e. The first-order chi connectivity index (χ1) is 27.0. The maximum Gasteiger partial charge on any atom is 0.256 e. The average molecular weight is 839 g/mol. The summed E-state index contributed by atoms with van der Waals surface area (Å²) in [5, 5.41) is 15.4. The van der Waals surface area contributed by atoms with Crippen molar-refractivity contribution in [1.82, 2.24) is 30.1 Å². The summed E-state index contributed by atoms with van der Waals surface area (Å²) >= 11 is 0. The number of likely N-dealkylation sites (N-methyl/N-ethyl adjacent to an activating group) is 2. The Hall–Kier alpha value is -3.80. The molecule has 1 aliphatic rings. The molecule has 1 aromatic carbocycles. The lowest BCUT2D eigenvalue weighted by Gasteiger charge is -2.41. The van der Waals surface area contributed by atoms with E-state index in [1.54, 1.807) is 35.9 Å². The number of methoxy groups -OCH3 is 2. The molecule has 1 heterocycles. The van der Waals surface area contributed by atoms with Crippen LogP contribution in [0.3, 0.4) is 0 Å². The molecule has 0 spiro atoms. The number of amides is 5. The number of likely N-dealkylation sites (tertiary alicyclic amines) is 1. The third-order valence-corrected chi connectivity index (χ3v) is 11.8. The number of nitrogens with one attached hydrogen (secondary N) is 3. The Kier molecular flexibility index (Phi) is 19.6. The van der Waals surface area contributed by atoms with Crippen LogP contribution in [-0.4, -0.2) is 148 Å². The molecule has 1 aliphatic heterocycles. The van der Waals surface area contributed by atoms with Gasteiger partial charge in [-0.1, -0.05) is 67.0 Å². The minimum absolute atomic E-state index is 0.00518. The second kappa shape index (κ2) is 22.5. The number of hydrogen-bond acceptors (Lipinski definition) is 11. The van der Waals surface area contributed by atoms with Gasteiger partial charge in [0.2, 0.25) is 33.7 Å². The fraction of sp³-hybridized carbons (Fsp3) is 0.732. The molecule has 16 nitrogen and oxygen atoms in total. The van der Waals surface area contributed by atoms with Crippen molar-refractivity contribution in [3.8, 4) is 5.75 Å². The van der Waals surface area contributed by atoms with Gasteiger partial charge < -0.3 is 35.0 Å². The van der Waals surface area contributed by atoms with Crippen LogP contribution < -0.4 is 15.4 Å². The number of benzene rings is 1. The molecule has 2 rings (SSSR count). The third-order valence-electron chi connectivity index (χ3n) is 11.2. The van der Waals surface area contributed by atoms with E-state index in [2.05, 4.69) is 10.6 Å². The van der Waals surface area contributed by atoms with Gasteiger partial charge in [-0.3, -0.25) is 33.6 Å². The zero-order chi connectivity index (χ0) is 44.2. The number of phenols is 1. The fourth-order valence-electron chi connectivity index (χ4n) is 8.05. The third kappa shape index (κ3) is 13.9. The number of ether oxygens (including phenoxy) is 2. The Balaban J connectivity index is 2.33. The highest BCUT2D eigenvalue weighted by Crippen LogP contribution is 2.30. The number of carbonyl (C=O) groups excluding carboxylic acids is 5. The topological polar surface area (TPSA) is 204 Å². The Morgan fingerprint density at radius 3 is 1.98 bits per heavy atom. The number of hydrogen-bond donors (Lipinski definition) is 4. The van der Waals surface area contributed by atoms with Gasteiger partial charge in [0.1, 0.15) is 17.8 Å². The number of sulfonamides is 1. The summed E-state index contributed by atoms with van der Waals surface area (Å²) < 4.78 is 37.7. The van der Waals surface area contributed by atoms with E-state index in [-0.39, 0.29) is 54.1 Å². The highest BCUT2D eigenvalue weighted by molar-refractivity contribution is 7.89. The summed E-state index contributed by atoms with van der Waals surface area (Å²) in [5.74, 6) is -3.43. The van der Waals surface area contributed by atoms with Gasteiger partial charge in [-0.15, -0.1) is 0 Å². The number of carbonyl (C=O) groups is 5. The van der Waals surface area contributed by atoms with Crippen molar-refractivity contribution in [2.24, 2.45) is 23.7 Å². The van der Waals surface area contributed by atoms with Crippen LogP contribution in [0, 0.1) is 23.7 Å². The van der Waals surface area contributed by atoms with Crippen LogP contribution in [0.4, 0.5) is 0 Å². The standard InChI is InChI=1S/C41H70N6O10S/c1-14-26(6)36(46(10)41(53)34(24(2)3)43-40(52)35(25(4)5)45(8)9)32(56-11)23-33(49)47-21-15-16-31(47)37(57-12)27(7)38(50)42-30(39(51)44-58(13,54)55)22-28-17-19-29(48)20-18-28/h17-20,24-27,30-32,34-37,48H,14-16,21-23H2,1-13H3,(H,42,50)(H,43,52)(H,44,51)/t26-,27+,30-,31-,32+,34-,35-,36-,37+/m0/s1. The van der Waals surface area contributed by atoms with Gasteiger partial charge >= 0.3 is 0 Å². The first-order valence-electron chi connectivity index (χ1n) is 20.2. The van der Waals surface area contributed by atoms with Crippen LogP contribution in [-0.2, 0) is 49.9 Å². The highest BCUT2D eigenvalue weighted by Gasteiger charge is 2.43. The predicted octanol–water partition coefficient (Wildman–Crippen LogP) is 2.14. The summed E-state index contributed by atoms with van der Waals surface area (Å²) in [6.07, 6.45) is 1.10. The Morgan fingerprint density at radius 2 is 1.50 bits per heavy atom. The van der Waals surface area contributed by atoms with Gasteiger partial charge in [-0.25, -0.2) is 8.42 Å². The lowest BCUT2D eigenvalue weighted by Crippen LogP contribution is -2.59. The molecule has 5 amide bonds. The zero-order valence-corrected chi connectivity index (χ0v) is 37.6. The minimum atomic E-state index is -3.94. The molecule has 9 atom stereocenters. The van der Waals surface area contributed by atoms with Crippen molar-refractivity contribution in [3.05, 3.63) is 29.8 Å². The number of phenolic OH excluding ortho intramolecular Hbond substituents is 1. The van der Waals surface area contributed by atoms with Crippen LogP contribution in [0.5, 0.6) is 5.75 Å². The molecule has 4 N–H and O–H groups in total. The second-order valence-electron chi connectivity index (χ2n) is 16.6. The average Bonchev–Trinajstić information content (AvgIpc) is 3.62. The molecule has 0 aromatic heterocycles. The van der Waals surface area contributed by atoms with Crippen molar-refractivity contribution in [1.29, 1.82) is 0 Å². The monoisotopic (exact) mass is 838 g/mol. The predicted molar refractivity (Wildman–Crippen MR) is 222 cm³/mol. The molecule has 1 saturated heterocycles. The lowest BCUT2D eigenvalue weighted by molar-refractivity contribution is -0.148. The van der Waals surface area contributed by atoms with Crippen molar-refractivity contribution < 1.29 is 47.0 Å². The number of aromatic hydroxyl groups is 1. The summed E-state index contributed by atoms with van der Waals surface area (Å²) in [4.78, 5) is 74.0. The molecule has 330 valence electrons. The number of rotatable bonds is 22. The first kappa shape index (κ1) is 50.3. The summed E-state index contributed by atoms with van der Waals surface area (Å²) in [5.41, 5.74) is 0.569. The SMILES string of the molecule is CC[C@H](C)[C@@H]([C@@H](CC(=O)N1CCC[C@H]1[C@H](OC)[C@@H](C)C(=O)N[C@@H](Cc1ccc(O)cc1)C(=O)NS(C)(=O)=O)OC)N(C)C(=O)[C@@H](NC(=O)[C@H](C(C)C)N(C)C)C(C)C. The molecule has 0 bridgehead atoms. The minimum Gasteiger partial charge on any atom is -0.508 e. The molecule has 1 aromatic rings. The van der Waals surface area contributed by atoms with E-state index < -0.39 is 70.2 Å². The maximum atomic E-state index is 14.3. The van der Waals surface area contributed by atoms with E-state index in [1.807, 2.05) is 65.3 Å². The second-order valence-corrected chi connectivity index (χ2v) is 18.4. The molecule has 0 unspecified atom stereocenters. The molecule has 0 aliphatic carbocycles. The molecule has 1 fully saturated rings. The van der Waals surface area contributed by atoms with E-state index in [1.165, 1.54) is 26.4 Å². The van der Waals surface area contributed by atoms with Gasteiger partial charge in [0.05, 0.1) is 48.9 Å². The Morgan fingerprint density at radius 1 is 0.897 bits per heavy atom. The zero-order valence-electron chi connectivity index (χ0n) is 36.8. The fourth-order valence-corrected chi connectivity index (χ4v) is 8.55. The smallest absolute Gasteiger partial charge is 0.256 e. The molecular formula is C41H70N6O10S. The van der Waals surface area contributed by atoms with Gasteiger partial charge in [0.25, 0.3) is 5.91 Å². The highest BCUT2D eigenvalue weighted by atomic mass is 32.2. The quantitative estimate of drug-likeness (QED) is 0.133. The Labute approximate surface area is 346 Å². The molecule has 58 heavy (non-hydrogen) atoms. The molecule has 0 saturated carbocycles. The first-order valence-corrected chi connectivity index (χ1v) is 22.1.